The molecule has 0 saturated carbocycles. The molecule has 0 atom stereocenters. The van der Waals surface area contributed by atoms with Gasteiger partial charge in [-0.25, -0.2) is 0 Å². The number of hydrogen-bond acceptors (Lipinski definition) is 3. The minimum atomic E-state index is 0.0728. The molecule has 1 aliphatic heterocycles. The maximum Gasteiger partial charge on any atom is 0.170 e. The maximum atomic E-state index is 8.68. The highest BCUT2D eigenvalue weighted by Gasteiger charge is 2.09. The van der Waals surface area contributed by atoms with E-state index < -0.39 is 0 Å². The molecule has 1 heterocycles. The van der Waals surface area contributed by atoms with Gasteiger partial charge >= 0.3 is 0 Å². The Hall–Kier alpha value is -1.17. The van der Waals surface area contributed by atoms with E-state index in [2.05, 4.69) is 22.8 Å². The van der Waals surface area contributed by atoms with E-state index in [0.717, 1.165) is 18.7 Å². The minimum absolute atomic E-state index is 0.0728. The van der Waals surface area contributed by atoms with Gasteiger partial charge in [0.15, 0.2) is 5.11 Å². The second-order valence-corrected chi connectivity index (χ2v) is 4.30. The first-order valence-corrected chi connectivity index (χ1v) is 6.05. The van der Waals surface area contributed by atoms with Gasteiger partial charge in [0, 0.05) is 12.2 Å². The number of fused-ring (bicyclic) bond motifs is 1. The average Bonchev–Trinajstić information content (AvgIpc) is 2.36. The lowest BCUT2D eigenvalue weighted by Gasteiger charge is -2.18. The molecule has 3 N–H and O–H groups in total. The number of aliphatic hydroxyl groups is 1. The van der Waals surface area contributed by atoms with Crippen LogP contribution in [-0.2, 0) is 17.8 Å². The van der Waals surface area contributed by atoms with Crippen LogP contribution in [0.2, 0.25) is 0 Å². The van der Waals surface area contributed by atoms with E-state index in [9.17, 15) is 0 Å². The standard InChI is InChI=1S/C12H16N2O2S/c15-5-4-13-12(17)14-11-2-1-10-8-16-6-3-9(10)7-11/h1-2,7,15H,3-6,8H2,(H2,13,14,17). The molecular weight excluding hydrogens is 236 g/mol. The summed E-state index contributed by atoms with van der Waals surface area (Å²) in [4.78, 5) is 0. The van der Waals surface area contributed by atoms with Crippen LogP contribution < -0.4 is 10.6 Å². The second-order valence-electron chi connectivity index (χ2n) is 3.89. The predicted molar refractivity (Wildman–Crippen MR) is 71.1 cm³/mol. The van der Waals surface area contributed by atoms with Gasteiger partial charge in [-0.05, 0) is 41.9 Å². The van der Waals surface area contributed by atoms with Crippen molar-refractivity contribution in [2.24, 2.45) is 0 Å². The number of aliphatic hydroxyl groups excluding tert-OH is 1. The first kappa shape index (κ1) is 12.3. The van der Waals surface area contributed by atoms with Crippen LogP contribution in [0.3, 0.4) is 0 Å². The molecule has 1 aromatic carbocycles. The zero-order valence-electron chi connectivity index (χ0n) is 9.53. The van der Waals surface area contributed by atoms with Crippen LogP contribution in [0.5, 0.6) is 0 Å². The molecule has 5 heteroatoms. The third-order valence-electron chi connectivity index (χ3n) is 2.63. The molecule has 2 rings (SSSR count). The van der Waals surface area contributed by atoms with E-state index in [-0.39, 0.29) is 6.61 Å². The number of ether oxygens (including phenoxy) is 1. The van der Waals surface area contributed by atoms with Gasteiger partial charge in [-0.3, -0.25) is 0 Å². The molecule has 0 aromatic heterocycles. The Kier molecular flexibility index (Phi) is 4.30. The highest BCUT2D eigenvalue weighted by atomic mass is 32.1. The van der Waals surface area contributed by atoms with Gasteiger partial charge in [-0.1, -0.05) is 6.07 Å². The normalized spacial score (nSPS) is 13.9. The molecule has 0 fully saturated rings. The molecule has 92 valence electrons. The van der Waals surface area contributed by atoms with Crippen molar-refractivity contribution in [2.45, 2.75) is 13.0 Å². The Balaban J connectivity index is 1.99. The van der Waals surface area contributed by atoms with Crippen LogP contribution in [0.15, 0.2) is 18.2 Å². The highest BCUT2D eigenvalue weighted by Crippen LogP contribution is 2.20. The Morgan fingerprint density at radius 1 is 1.41 bits per heavy atom. The quantitative estimate of drug-likeness (QED) is 0.702. The SMILES string of the molecule is OCCNC(=S)Nc1ccc2c(c1)CCOC2. The van der Waals surface area contributed by atoms with Crippen molar-refractivity contribution >= 4 is 23.0 Å². The van der Waals surface area contributed by atoms with Crippen LogP contribution in [-0.4, -0.2) is 30.0 Å². The second kappa shape index (κ2) is 5.95. The molecular formula is C12H16N2O2S. The molecule has 17 heavy (non-hydrogen) atoms. The third-order valence-corrected chi connectivity index (χ3v) is 2.88. The van der Waals surface area contributed by atoms with Crippen molar-refractivity contribution < 1.29 is 9.84 Å². The summed E-state index contributed by atoms with van der Waals surface area (Å²) in [6.45, 7) is 2.01. The number of thiocarbonyl (C=S) groups is 1. The Morgan fingerprint density at radius 3 is 3.12 bits per heavy atom. The summed E-state index contributed by atoms with van der Waals surface area (Å²) in [7, 11) is 0. The molecule has 1 aromatic rings. The van der Waals surface area contributed by atoms with Gasteiger partial charge in [0.1, 0.15) is 0 Å². The fourth-order valence-electron chi connectivity index (χ4n) is 1.79. The summed E-state index contributed by atoms with van der Waals surface area (Å²) in [6.07, 6.45) is 0.946. The van der Waals surface area contributed by atoms with Gasteiger partial charge in [0.2, 0.25) is 0 Å². The maximum absolute atomic E-state index is 8.68. The lowest BCUT2D eigenvalue weighted by Crippen LogP contribution is -2.30. The topological polar surface area (TPSA) is 53.5 Å². The van der Waals surface area contributed by atoms with Crippen LogP contribution in [0.1, 0.15) is 11.1 Å². The molecule has 0 saturated heterocycles. The predicted octanol–water partition coefficient (Wildman–Crippen LogP) is 1.04. The Bertz CT molecular complexity index is 409. The monoisotopic (exact) mass is 252 g/mol. The van der Waals surface area contributed by atoms with E-state index >= 15 is 0 Å². The number of hydrogen-bond donors (Lipinski definition) is 3. The summed E-state index contributed by atoms with van der Waals surface area (Å²) < 4.78 is 5.38. The van der Waals surface area contributed by atoms with Crippen molar-refractivity contribution in [3.63, 3.8) is 0 Å². The molecule has 0 aliphatic carbocycles. The molecule has 0 radical (unpaired) electrons. The Morgan fingerprint density at radius 2 is 2.29 bits per heavy atom. The average molecular weight is 252 g/mol. The van der Waals surface area contributed by atoms with Gasteiger partial charge < -0.3 is 20.5 Å². The highest BCUT2D eigenvalue weighted by molar-refractivity contribution is 7.80. The largest absolute Gasteiger partial charge is 0.395 e. The first-order chi connectivity index (χ1) is 8.29. The zero-order valence-corrected chi connectivity index (χ0v) is 10.3. The fourth-order valence-corrected chi connectivity index (χ4v) is 2.01. The third kappa shape index (κ3) is 3.39. The van der Waals surface area contributed by atoms with E-state index in [0.29, 0.717) is 18.3 Å². The van der Waals surface area contributed by atoms with Crippen molar-refractivity contribution in [1.29, 1.82) is 0 Å². The smallest absolute Gasteiger partial charge is 0.170 e. The summed E-state index contributed by atoms with van der Waals surface area (Å²) in [5.74, 6) is 0. The fraction of sp³-hybridized carbons (Fsp3) is 0.417. The van der Waals surface area contributed by atoms with Crippen LogP contribution in [0.25, 0.3) is 0 Å². The summed E-state index contributed by atoms with van der Waals surface area (Å²) in [5, 5.41) is 15.2. The van der Waals surface area contributed by atoms with Crippen LogP contribution >= 0.6 is 12.2 Å². The Labute approximate surface area is 106 Å². The van der Waals surface area contributed by atoms with E-state index in [1.165, 1.54) is 11.1 Å². The van der Waals surface area contributed by atoms with Crippen LogP contribution in [0.4, 0.5) is 5.69 Å². The molecule has 0 spiro atoms. The number of nitrogens with one attached hydrogen (secondary N) is 2. The first-order valence-electron chi connectivity index (χ1n) is 5.65. The number of anilines is 1. The summed E-state index contributed by atoms with van der Waals surface area (Å²) in [5.41, 5.74) is 3.53. The van der Waals surface area contributed by atoms with Gasteiger partial charge in [-0.2, -0.15) is 0 Å². The zero-order chi connectivity index (χ0) is 12.1. The lowest BCUT2D eigenvalue weighted by molar-refractivity contribution is 0.111. The number of benzene rings is 1. The van der Waals surface area contributed by atoms with Crippen LogP contribution in [0, 0.1) is 0 Å². The van der Waals surface area contributed by atoms with E-state index in [4.69, 9.17) is 22.1 Å². The van der Waals surface area contributed by atoms with Crippen molar-refractivity contribution in [2.75, 3.05) is 25.1 Å². The molecule has 0 unspecified atom stereocenters. The molecule has 0 amide bonds. The summed E-state index contributed by atoms with van der Waals surface area (Å²) in [6, 6.07) is 6.15. The summed E-state index contributed by atoms with van der Waals surface area (Å²) >= 11 is 5.10. The minimum Gasteiger partial charge on any atom is -0.395 e. The van der Waals surface area contributed by atoms with Crippen molar-refractivity contribution in [3.05, 3.63) is 29.3 Å². The van der Waals surface area contributed by atoms with E-state index in [1.54, 1.807) is 0 Å². The number of rotatable bonds is 3. The van der Waals surface area contributed by atoms with Gasteiger partial charge in [0.25, 0.3) is 0 Å². The molecule has 4 nitrogen and oxygen atoms in total. The van der Waals surface area contributed by atoms with Crippen molar-refractivity contribution in [3.8, 4) is 0 Å². The van der Waals surface area contributed by atoms with E-state index in [1.807, 2.05) is 6.07 Å². The lowest BCUT2D eigenvalue weighted by atomic mass is 10.0. The van der Waals surface area contributed by atoms with Crippen molar-refractivity contribution in [1.82, 2.24) is 5.32 Å². The van der Waals surface area contributed by atoms with Gasteiger partial charge in [0.05, 0.1) is 19.8 Å². The molecule has 1 aliphatic rings. The van der Waals surface area contributed by atoms with Gasteiger partial charge in [-0.15, -0.1) is 0 Å². The molecule has 0 bridgehead atoms.